The number of rotatable bonds is 3. The minimum Gasteiger partial charge on any atom is -0.478 e. The van der Waals surface area contributed by atoms with E-state index in [9.17, 15) is 9.59 Å². The lowest BCUT2D eigenvalue weighted by Gasteiger charge is -2.27. The summed E-state index contributed by atoms with van der Waals surface area (Å²) >= 11 is 0. The van der Waals surface area contributed by atoms with Crippen LogP contribution in [0.1, 0.15) is 16.7 Å². The van der Waals surface area contributed by atoms with Crippen LogP contribution in [0.4, 0.5) is 0 Å². The third-order valence-corrected chi connectivity index (χ3v) is 4.16. The van der Waals surface area contributed by atoms with Gasteiger partial charge in [-0.15, -0.1) is 0 Å². The molecule has 0 atom stereocenters. The minimum atomic E-state index is -1.26. The minimum absolute atomic E-state index is 0.558. The lowest BCUT2D eigenvalue weighted by atomic mass is 9.91. The van der Waals surface area contributed by atoms with E-state index in [-0.39, 0.29) is 0 Å². The largest absolute Gasteiger partial charge is 0.478 e. The quantitative estimate of drug-likeness (QED) is 0.828. The van der Waals surface area contributed by atoms with Crippen molar-refractivity contribution in [3.8, 4) is 11.1 Å². The van der Waals surface area contributed by atoms with Crippen LogP contribution in [-0.2, 0) is 22.6 Å². The summed E-state index contributed by atoms with van der Waals surface area (Å²) in [5, 5.41) is 15.6. The van der Waals surface area contributed by atoms with Crippen LogP contribution in [0.3, 0.4) is 0 Å². The smallest absolute Gasteiger partial charge is 0.328 e. The fourth-order valence-electron chi connectivity index (χ4n) is 2.94. The average molecular weight is 353 g/mol. The summed E-state index contributed by atoms with van der Waals surface area (Å²) < 4.78 is 0. The Morgan fingerprint density at radius 2 is 1.69 bits per heavy atom. The summed E-state index contributed by atoms with van der Waals surface area (Å²) in [5.41, 5.74) is 7.11. The molecule has 0 saturated carbocycles. The molecule has 0 saturated heterocycles. The molecule has 5 heteroatoms. The fourth-order valence-corrected chi connectivity index (χ4v) is 2.94. The molecule has 1 aliphatic heterocycles. The number of hydrogen-bond acceptors (Lipinski definition) is 3. The van der Waals surface area contributed by atoms with Crippen LogP contribution in [-0.4, -0.2) is 40.6 Å². The highest BCUT2D eigenvalue weighted by atomic mass is 16.4. The molecule has 0 bridgehead atoms. The maximum Gasteiger partial charge on any atom is 0.328 e. The monoisotopic (exact) mass is 353 g/mol. The average Bonchev–Trinajstić information content (AvgIpc) is 2.60. The van der Waals surface area contributed by atoms with Gasteiger partial charge in [-0.05, 0) is 42.6 Å². The first kappa shape index (κ1) is 19.4. The Labute approximate surface area is 153 Å². The molecule has 136 valence electrons. The van der Waals surface area contributed by atoms with Crippen molar-refractivity contribution in [1.82, 2.24) is 4.90 Å². The van der Waals surface area contributed by atoms with Gasteiger partial charge < -0.3 is 15.1 Å². The zero-order valence-electron chi connectivity index (χ0n) is 15.0. The van der Waals surface area contributed by atoms with E-state index in [1.807, 2.05) is 0 Å². The summed E-state index contributed by atoms with van der Waals surface area (Å²) in [4.78, 5) is 21.5. The summed E-state index contributed by atoms with van der Waals surface area (Å²) in [6.45, 7) is 4.40. The van der Waals surface area contributed by atoms with Crippen LogP contribution in [0.2, 0.25) is 0 Å². The number of fused-ring (bicyclic) bond motifs is 1. The van der Waals surface area contributed by atoms with E-state index in [0.29, 0.717) is 12.2 Å². The zero-order valence-corrected chi connectivity index (χ0v) is 15.0. The predicted octanol–water partition coefficient (Wildman–Crippen LogP) is 3.36. The van der Waals surface area contributed by atoms with E-state index >= 15 is 0 Å². The predicted molar refractivity (Wildman–Crippen MR) is 101 cm³/mol. The molecule has 5 nitrogen and oxygen atoms in total. The van der Waals surface area contributed by atoms with Gasteiger partial charge >= 0.3 is 11.9 Å². The number of likely N-dealkylation sites (N-methyl/N-ethyl adjacent to an activating group) is 1. The number of hydrogen-bond donors (Lipinski definition) is 2. The van der Waals surface area contributed by atoms with Crippen molar-refractivity contribution in [2.45, 2.75) is 19.9 Å². The van der Waals surface area contributed by atoms with Gasteiger partial charge in [0.15, 0.2) is 0 Å². The van der Waals surface area contributed by atoms with Crippen molar-refractivity contribution in [1.29, 1.82) is 0 Å². The Morgan fingerprint density at radius 1 is 1.04 bits per heavy atom. The zero-order chi connectivity index (χ0) is 19.1. The number of nitrogens with zero attached hydrogens (tertiary/aromatic N) is 1. The Hall–Kier alpha value is -2.92. The van der Waals surface area contributed by atoms with E-state index in [2.05, 4.69) is 61.3 Å². The van der Waals surface area contributed by atoms with Gasteiger partial charge in [0.1, 0.15) is 0 Å². The molecule has 2 aromatic carbocycles. The first-order valence-corrected chi connectivity index (χ1v) is 8.37. The number of carboxylic acids is 2. The van der Waals surface area contributed by atoms with E-state index < -0.39 is 11.9 Å². The second-order valence-corrected chi connectivity index (χ2v) is 6.31. The van der Waals surface area contributed by atoms with Gasteiger partial charge in [0.05, 0.1) is 0 Å². The molecule has 0 aliphatic carbocycles. The van der Waals surface area contributed by atoms with Crippen molar-refractivity contribution in [2.24, 2.45) is 0 Å². The van der Waals surface area contributed by atoms with Crippen molar-refractivity contribution >= 4 is 11.9 Å². The van der Waals surface area contributed by atoms with Crippen LogP contribution in [0.25, 0.3) is 11.1 Å². The molecule has 3 rings (SSSR count). The molecule has 0 spiro atoms. The molecule has 26 heavy (non-hydrogen) atoms. The van der Waals surface area contributed by atoms with Crippen LogP contribution >= 0.6 is 0 Å². The number of carbonyl (C=O) groups is 2. The highest BCUT2D eigenvalue weighted by Crippen LogP contribution is 2.30. The van der Waals surface area contributed by atoms with Crippen LogP contribution in [0, 0.1) is 6.92 Å². The van der Waals surface area contributed by atoms with Crippen molar-refractivity contribution in [3.05, 3.63) is 71.3 Å². The molecule has 0 fully saturated rings. The maximum atomic E-state index is 9.55. The topological polar surface area (TPSA) is 77.8 Å². The molecule has 2 aromatic rings. The Kier molecular flexibility index (Phi) is 6.69. The second-order valence-electron chi connectivity index (χ2n) is 6.31. The lowest BCUT2D eigenvalue weighted by molar-refractivity contribution is -0.134. The molecule has 0 radical (unpaired) electrons. The number of aliphatic carboxylic acids is 2. The summed E-state index contributed by atoms with van der Waals surface area (Å²) in [6.07, 6.45) is 2.29. The van der Waals surface area contributed by atoms with Crippen LogP contribution in [0.5, 0.6) is 0 Å². The van der Waals surface area contributed by atoms with E-state index in [4.69, 9.17) is 10.2 Å². The number of carboxylic acid groups (broad SMARTS) is 2. The van der Waals surface area contributed by atoms with Crippen molar-refractivity contribution in [2.75, 3.05) is 13.6 Å². The van der Waals surface area contributed by atoms with Gasteiger partial charge in [0.2, 0.25) is 0 Å². The molecule has 0 unspecified atom stereocenters. The Bertz CT molecular complexity index is 811. The molecule has 0 aromatic heterocycles. The highest BCUT2D eigenvalue weighted by molar-refractivity contribution is 5.89. The number of benzene rings is 2. The molecule has 1 aliphatic rings. The van der Waals surface area contributed by atoms with Crippen LogP contribution in [0.15, 0.2) is 54.6 Å². The SMILES string of the molecule is Cc1cccc(-c2cccc3c2CN(C)CC3)c1.O=C(O)C=CC(=O)O. The van der Waals surface area contributed by atoms with E-state index in [1.54, 1.807) is 0 Å². The summed E-state index contributed by atoms with van der Waals surface area (Å²) in [6, 6.07) is 15.5. The second kappa shape index (κ2) is 8.97. The molecule has 0 amide bonds. The van der Waals surface area contributed by atoms with Gasteiger partial charge in [0.25, 0.3) is 0 Å². The lowest BCUT2D eigenvalue weighted by Crippen LogP contribution is -2.26. The molecule has 1 heterocycles. The van der Waals surface area contributed by atoms with Crippen LogP contribution < -0.4 is 0 Å². The van der Waals surface area contributed by atoms with Gasteiger partial charge in [-0.1, -0.05) is 48.0 Å². The van der Waals surface area contributed by atoms with Gasteiger partial charge in [-0.2, -0.15) is 0 Å². The van der Waals surface area contributed by atoms with E-state index in [1.165, 1.54) is 40.8 Å². The molecular weight excluding hydrogens is 330 g/mol. The number of aryl methyl sites for hydroxylation is 1. The normalized spacial score (nSPS) is 13.6. The van der Waals surface area contributed by atoms with E-state index in [0.717, 1.165) is 6.54 Å². The first-order valence-electron chi connectivity index (χ1n) is 8.37. The molecular formula is C21H23NO4. The fraction of sp³-hybridized carbons (Fsp3) is 0.238. The molecule has 2 N–H and O–H groups in total. The first-order chi connectivity index (χ1) is 12.4. The third-order valence-electron chi connectivity index (χ3n) is 4.16. The van der Waals surface area contributed by atoms with Gasteiger partial charge in [-0.3, -0.25) is 0 Å². The Balaban J connectivity index is 0.000000260. The summed E-state index contributed by atoms with van der Waals surface area (Å²) in [5.74, 6) is -2.51. The third kappa shape index (κ3) is 5.57. The van der Waals surface area contributed by atoms with Gasteiger partial charge in [-0.25, -0.2) is 9.59 Å². The standard InChI is InChI=1S/C17H19N.C4H4O4/c1-13-5-3-7-15(11-13)16-8-4-6-14-9-10-18(2)12-17(14)16;5-3(6)1-2-4(7)8/h3-8,11H,9-10,12H2,1-2H3;1-2H,(H,5,6)(H,7,8). The highest BCUT2D eigenvalue weighted by Gasteiger charge is 2.16. The summed E-state index contributed by atoms with van der Waals surface area (Å²) in [7, 11) is 2.20. The van der Waals surface area contributed by atoms with Crippen molar-refractivity contribution < 1.29 is 19.8 Å². The van der Waals surface area contributed by atoms with Gasteiger partial charge in [0, 0.05) is 25.2 Å². The Morgan fingerprint density at radius 3 is 2.31 bits per heavy atom. The van der Waals surface area contributed by atoms with Crippen molar-refractivity contribution in [3.63, 3.8) is 0 Å². The maximum absolute atomic E-state index is 9.55.